The number of aliphatic hydroxyl groups is 1. The minimum absolute atomic E-state index is 0.0640. The number of aryl methyl sites for hydroxylation is 2. The fourth-order valence-electron chi connectivity index (χ4n) is 6.87. The summed E-state index contributed by atoms with van der Waals surface area (Å²) in [5.41, 5.74) is 9.93. The highest BCUT2D eigenvalue weighted by Gasteiger charge is 2.26. The molecule has 5 aromatic carbocycles. The third kappa shape index (κ3) is 8.85. The molecule has 16 heteroatoms. The molecule has 0 fully saturated rings. The van der Waals surface area contributed by atoms with Crippen molar-refractivity contribution in [3.63, 3.8) is 0 Å². The number of phenolic OH excluding ortho intramolecular Hbond substituents is 1. The number of sulfone groups is 1. The summed E-state index contributed by atoms with van der Waals surface area (Å²) in [7, 11) is -2.65. The number of nitrogens with two attached hydrogens (primary N) is 1. The van der Waals surface area contributed by atoms with Gasteiger partial charge >= 0.3 is 0 Å². The average Bonchev–Trinajstić information content (AvgIpc) is 3.24. The number of methoxy groups -OCH3 is 1. The van der Waals surface area contributed by atoms with Crippen LogP contribution in [-0.4, -0.2) is 68.1 Å². The highest BCUT2D eigenvalue weighted by atomic mass is 32.2. The Kier molecular flexibility index (Phi) is 12.0. The molecule has 0 unspecified atom stereocenters. The quantitative estimate of drug-likeness (QED) is 0.0483. The van der Waals surface area contributed by atoms with Gasteiger partial charge in [0.15, 0.2) is 12.4 Å². The second kappa shape index (κ2) is 17.5. The molecule has 6 aromatic rings. The number of pyridine rings is 1. The first-order valence-corrected chi connectivity index (χ1v) is 20.4. The van der Waals surface area contributed by atoms with Gasteiger partial charge < -0.3 is 46.7 Å². The maximum Gasteiger partial charge on any atom is 0.262 e. The number of phenols is 1. The number of aromatic nitrogens is 1. The van der Waals surface area contributed by atoms with Crippen LogP contribution in [0.3, 0.4) is 0 Å². The van der Waals surface area contributed by atoms with Gasteiger partial charge in [0.2, 0.25) is 9.84 Å². The first-order chi connectivity index (χ1) is 28.8. The highest BCUT2D eigenvalue weighted by molar-refractivity contribution is 7.91. The Bertz CT molecular complexity index is 2740. The van der Waals surface area contributed by atoms with E-state index in [1.807, 2.05) is 12.1 Å². The fraction of sp³-hybridized carbons (Fsp3) is 0.182. The second-order valence-electron chi connectivity index (χ2n) is 14.1. The Labute approximate surface area is 345 Å². The van der Waals surface area contributed by atoms with E-state index >= 15 is 0 Å². The van der Waals surface area contributed by atoms with Crippen molar-refractivity contribution in [3.05, 3.63) is 131 Å². The summed E-state index contributed by atoms with van der Waals surface area (Å²) in [5, 5.41) is 33.0. The number of hydrogen-bond acceptors (Lipinski definition) is 12. The summed E-state index contributed by atoms with van der Waals surface area (Å²) in [6, 6.07) is 26.0. The van der Waals surface area contributed by atoms with Gasteiger partial charge in [-0.1, -0.05) is 24.3 Å². The summed E-state index contributed by atoms with van der Waals surface area (Å²) in [5.74, 6) is -0.965. The summed E-state index contributed by atoms with van der Waals surface area (Å²) in [4.78, 5) is 41.8. The van der Waals surface area contributed by atoms with E-state index in [1.54, 1.807) is 49.4 Å². The standard InChI is InChI=1S/C44H42N6O9S/c1-25-18-32(21-34-39(25)47-22-35(43(45)54)40(34)48-29-8-4-9-30(20-29)58-2)60(56,57)31-10-3-7-27(19-31)44(55)49-28-13-11-26(12-14-28)6-5-17-46-23-37(52)33-15-16-36(51)41-42(33)59-24-38(53)50-41/h3-4,7-16,18-22,37,46,51-52H,5-6,17,23-24H2,1-2H3,(H2,45,54)(H,47,48)(H,49,55)(H,50,53)/t37-/m0/s1. The van der Waals surface area contributed by atoms with Gasteiger partial charge in [-0.3, -0.25) is 19.4 Å². The fourth-order valence-corrected chi connectivity index (χ4v) is 8.29. The topological polar surface area (TPSA) is 231 Å². The van der Waals surface area contributed by atoms with Gasteiger partial charge in [0.05, 0.1) is 39.8 Å². The molecule has 0 aliphatic carbocycles. The van der Waals surface area contributed by atoms with E-state index < -0.39 is 27.8 Å². The van der Waals surface area contributed by atoms with Crippen LogP contribution in [0, 0.1) is 6.92 Å². The number of aromatic hydroxyl groups is 1. The van der Waals surface area contributed by atoms with E-state index in [0.717, 1.165) is 12.0 Å². The maximum absolute atomic E-state index is 14.1. The molecule has 60 heavy (non-hydrogen) atoms. The molecule has 2 heterocycles. The summed E-state index contributed by atoms with van der Waals surface area (Å²) in [6.07, 6.45) is 1.89. The van der Waals surface area contributed by atoms with Gasteiger partial charge in [-0.05, 0) is 104 Å². The maximum atomic E-state index is 14.1. The van der Waals surface area contributed by atoms with E-state index in [9.17, 15) is 33.0 Å². The number of ether oxygens (including phenoxy) is 2. The van der Waals surface area contributed by atoms with Crippen LogP contribution in [0.1, 0.15) is 49.9 Å². The average molecular weight is 831 g/mol. The van der Waals surface area contributed by atoms with Gasteiger partial charge in [-0.25, -0.2) is 8.42 Å². The largest absolute Gasteiger partial charge is 0.506 e. The molecule has 8 N–H and O–H groups in total. The van der Waals surface area contributed by atoms with Crippen LogP contribution < -0.4 is 36.5 Å². The number of anilines is 4. The summed E-state index contributed by atoms with van der Waals surface area (Å²) < 4.78 is 39.1. The van der Waals surface area contributed by atoms with Crippen LogP contribution in [-0.2, 0) is 21.1 Å². The van der Waals surface area contributed by atoms with Gasteiger partial charge in [0.25, 0.3) is 17.7 Å². The number of fused-ring (bicyclic) bond motifs is 2. The monoisotopic (exact) mass is 830 g/mol. The Morgan fingerprint density at radius 1 is 0.983 bits per heavy atom. The zero-order valence-electron chi connectivity index (χ0n) is 32.6. The highest BCUT2D eigenvalue weighted by Crippen LogP contribution is 2.41. The minimum atomic E-state index is -4.18. The van der Waals surface area contributed by atoms with Gasteiger partial charge in [-0.15, -0.1) is 0 Å². The molecule has 1 aromatic heterocycles. The number of rotatable bonds is 15. The predicted octanol–water partition coefficient (Wildman–Crippen LogP) is 5.77. The molecular formula is C44H42N6O9S. The number of primary amides is 1. The van der Waals surface area contributed by atoms with E-state index in [-0.39, 0.29) is 62.9 Å². The van der Waals surface area contributed by atoms with Crippen molar-refractivity contribution in [1.82, 2.24) is 10.3 Å². The van der Waals surface area contributed by atoms with Crippen LogP contribution in [0.2, 0.25) is 0 Å². The van der Waals surface area contributed by atoms with E-state index in [1.165, 1.54) is 55.8 Å². The third-order valence-electron chi connectivity index (χ3n) is 9.96. The minimum Gasteiger partial charge on any atom is -0.506 e. The van der Waals surface area contributed by atoms with Crippen LogP contribution in [0.15, 0.2) is 113 Å². The third-order valence-corrected chi connectivity index (χ3v) is 11.7. The number of aliphatic hydroxyl groups excluding tert-OH is 1. The molecule has 1 atom stereocenters. The molecule has 0 spiro atoms. The molecule has 308 valence electrons. The molecule has 3 amide bonds. The van der Waals surface area contributed by atoms with Gasteiger partial charge in [0, 0.05) is 46.7 Å². The lowest BCUT2D eigenvalue weighted by atomic mass is 10.0. The molecular weight excluding hydrogens is 789 g/mol. The number of carbonyl (C=O) groups excluding carboxylic acids is 3. The van der Waals surface area contributed by atoms with E-state index in [0.29, 0.717) is 52.1 Å². The first kappa shape index (κ1) is 41.2. The second-order valence-corrected chi connectivity index (χ2v) is 16.1. The molecule has 0 radical (unpaired) electrons. The Balaban J connectivity index is 0.993. The molecule has 7 rings (SSSR count). The molecule has 0 saturated heterocycles. The number of nitrogens with one attached hydrogen (secondary N) is 4. The van der Waals surface area contributed by atoms with Crippen molar-refractivity contribution < 1.29 is 42.5 Å². The number of carbonyl (C=O) groups is 3. The van der Waals surface area contributed by atoms with E-state index in [2.05, 4.69) is 26.3 Å². The predicted molar refractivity (Wildman–Crippen MR) is 226 cm³/mol. The normalized spacial score (nSPS) is 12.8. The Hall–Kier alpha value is -7.01. The number of hydrogen-bond donors (Lipinski definition) is 7. The van der Waals surface area contributed by atoms with Crippen molar-refractivity contribution in [3.8, 4) is 17.2 Å². The zero-order valence-corrected chi connectivity index (χ0v) is 33.4. The van der Waals surface area contributed by atoms with Crippen LogP contribution in [0.5, 0.6) is 17.2 Å². The van der Waals surface area contributed by atoms with Crippen molar-refractivity contribution >= 4 is 61.2 Å². The van der Waals surface area contributed by atoms with Gasteiger partial charge in [-0.2, -0.15) is 0 Å². The summed E-state index contributed by atoms with van der Waals surface area (Å²) in [6.45, 7) is 2.34. The number of amides is 3. The molecule has 1 aliphatic heterocycles. The van der Waals surface area contributed by atoms with Crippen molar-refractivity contribution in [1.29, 1.82) is 0 Å². The summed E-state index contributed by atoms with van der Waals surface area (Å²) >= 11 is 0. The van der Waals surface area contributed by atoms with Gasteiger partial charge in [0.1, 0.15) is 17.2 Å². The Morgan fingerprint density at radius 3 is 2.53 bits per heavy atom. The van der Waals surface area contributed by atoms with Crippen LogP contribution in [0.4, 0.5) is 22.7 Å². The van der Waals surface area contributed by atoms with Crippen LogP contribution >= 0.6 is 0 Å². The van der Waals surface area contributed by atoms with E-state index in [4.69, 9.17) is 15.2 Å². The van der Waals surface area contributed by atoms with Crippen molar-refractivity contribution in [2.75, 3.05) is 42.8 Å². The molecule has 0 bridgehead atoms. The smallest absolute Gasteiger partial charge is 0.262 e. The lowest BCUT2D eigenvalue weighted by Crippen LogP contribution is -2.28. The Morgan fingerprint density at radius 2 is 1.77 bits per heavy atom. The lowest BCUT2D eigenvalue weighted by Gasteiger charge is -2.23. The zero-order chi connectivity index (χ0) is 42.6. The molecule has 1 aliphatic rings. The molecule has 0 saturated carbocycles. The molecule has 15 nitrogen and oxygen atoms in total. The van der Waals surface area contributed by atoms with Crippen molar-refractivity contribution in [2.24, 2.45) is 5.73 Å². The van der Waals surface area contributed by atoms with Crippen molar-refractivity contribution in [2.45, 2.75) is 35.7 Å². The number of nitrogens with zero attached hydrogens (tertiary/aromatic N) is 1. The lowest BCUT2D eigenvalue weighted by molar-refractivity contribution is -0.118. The van der Waals surface area contributed by atoms with Crippen LogP contribution in [0.25, 0.3) is 10.9 Å². The SMILES string of the molecule is COc1cccc(Nc2c(C(N)=O)cnc3c(C)cc(S(=O)(=O)c4cccc(C(=O)Nc5ccc(CCCNC[C@H](O)c6ccc(O)c7c6OCC(=O)N7)cc5)c4)cc23)c1. The number of benzene rings is 5. The first-order valence-electron chi connectivity index (χ1n) is 18.9.